The third-order valence-corrected chi connectivity index (χ3v) is 6.80. The van der Waals surface area contributed by atoms with Crippen LogP contribution in [0.25, 0.3) is 10.9 Å². The monoisotopic (exact) mass is 397 g/mol. The number of carbonyl (C=O) groups is 1. The third-order valence-electron chi connectivity index (χ3n) is 6.80. The van der Waals surface area contributed by atoms with Crippen LogP contribution >= 0.6 is 0 Å². The zero-order valence-electron chi connectivity index (χ0n) is 18.0. The molecule has 158 valence electrons. The summed E-state index contributed by atoms with van der Waals surface area (Å²) in [5.74, 6) is 0.202. The lowest BCUT2D eigenvalue weighted by Gasteiger charge is -2.49. The Morgan fingerprint density at radius 2 is 2.00 bits per heavy atom. The number of para-hydroxylation sites is 1. The van der Waals surface area contributed by atoms with Gasteiger partial charge in [0.1, 0.15) is 6.10 Å². The Morgan fingerprint density at radius 3 is 2.76 bits per heavy atom. The van der Waals surface area contributed by atoms with Crippen LogP contribution in [0.15, 0.2) is 30.5 Å². The maximum absolute atomic E-state index is 12.7. The van der Waals surface area contributed by atoms with Crippen molar-refractivity contribution >= 4 is 16.8 Å². The molecule has 1 aromatic carbocycles. The summed E-state index contributed by atoms with van der Waals surface area (Å²) >= 11 is 0. The van der Waals surface area contributed by atoms with E-state index in [1.807, 2.05) is 4.90 Å². The van der Waals surface area contributed by atoms with Crippen LogP contribution in [0.3, 0.4) is 0 Å². The normalized spacial score (nSPS) is 22.6. The summed E-state index contributed by atoms with van der Waals surface area (Å²) in [7, 11) is 0. The summed E-state index contributed by atoms with van der Waals surface area (Å²) < 4.78 is 6.49. The Bertz CT molecular complexity index is 822. The highest BCUT2D eigenvalue weighted by Gasteiger charge is 2.45. The fraction of sp³-hybridized carbons (Fsp3) is 0.625. The Hall–Kier alpha value is -1.85. The van der Waals surface area contributed by atoms with Crippen molar-refractivity contribution in [2.75, 3.05) is 32.7 Å². The van der Waals surface area contributed by atoms with Gasteiger partial charge in [0.25, 0.3) is 5.91 Å². The van der Waals surface area contributed by atoms with E-state index in [9.17, 15) is 4.79 Å². The molecular weight excluding hydrogens is 362 g/mol. The van der Waals surface area contributed by atoms with Gasteiger partial charge in [-0.05, 0) is 44.2 Å². The number of benzene rings is 1. The molecular formula is C24H35N3O2. The van der Waals surface area contributed by atoms with Crippen molar-refractivity contribution in [3.63, 3.8) is 0 Å². The first-order valence-electron chi connectivity index (χ1n) is 11.4. The van der Waals surface area contributed by atoms with Gasteiger partial charge >= 0.3 is 0 Å². The summed E-state index contributed by atoms with van der Waals surface area (Å²) in [5, 5.41) is 1.34. The van der Waals surface area contributed by atoms with Crippen LogP contribution in [-0.2, 0) is 16.0 Å². The first-order valence-corrected chi connectivity index (χ1v) is 11.4. The highest BCUT2D eigenvalue weighted by atomic mass is 16.5. The lowest BCUT2D eigenvalue weighted by atomic mass is 9.87. The van der Waals surface area contributed by atoms with Crippen molar-refractivity contribution in [1.82, 2.24) is 14.8 Å². The van der Waals surface area contributed by atoms with E-state index in [2.05, 4.69) is 54.2 Å². The number of nitrogens with zero attached hydrogens (tertiary/aromatic N) is 2. The van der Waals surface area contributed by atoms with Gasteiger partial charge in [0, 0.05) is 49.8 Å². The minimum Gasteiger partial charge on any atom is -0.361 e. The number of fused-ring (bicyclic) bond motifs is 1. The van der Waals surface area contributed by atoms with Crippen molar-refractivity contribution < 1.29 is 9.53 Å². The predicted octanol–water partition coefficient (Wildman–Crippen LogP) is 3.98. The zero-order chi connectivity index (χ0) is 20.3. The molecule has 0 aliphatic carbocycles. The van der Waals surface area contributed by atoms with E-state index >= 15 is 0 Å². The molecule has 1 amide bonds. The van der Waals surface area contributed by atoms with Gasteiger partial charge in [-0.3, -0.25) is 4.79 Å². The molecule has 0 bridgehead atoms. The lowest BCUT2D eigenvalue weighted by molar-refractivity contribution is -0.193. The molecule has 2 aromatic rings. The van der Waals surface area contributed by atoms with Crippen molar-refractivity contribution in [2.24, 2.45) is 0 Å². The number of morpholine rings is 1. The molecule has 4 rings (SSSR count). The number of carbonyl (C=O) groups excluding carboxylic acids is 1. The maximum Gasteiger partial charge on any atom is 0.251 e. The topological polar surface area (TPSA) is 48.6 Å². The van der Waals surface area contributed by atoms with Gasteiger partial charge in [0.05, 0.1) is 5.60 Å². The largest absolute Gasteiger partial charge is 0.361 e. The zero-order valence-corrected chi connectivity index (χ0v) is 18.0. The van der Waals surface area contributed by atoms with Crippen LogP contribution in [0.2, 0.25) is 0 Å². The molecule has 2 aliphatic rings. The summed E-state index contributed by atoms with van der Waals surface area (Å²) in [6.07, 6.45) is 8.05. The van der Waals surface area contributed by atoms with Crippen LogP contribution in [0.1, 0.15) is 51.5 Å². The third kappa shape index (κ3) is 4.36. The lowest BCUT2D eigenvalue weighted by Crippen LogP contribution is -2.61. The van der Waals surface area contributed by atoms with E-state index in [0.29, 0.717) is 0 Å². The summed E-state index contributed by atoms with van der Waals surface area (Å²) in [6, 6.07) is 8.53. The molecule has 1 spiro atoms. The second-order valence-corrected chi connectivity index (χ2v) is 8.74. The maximum atomic E-state index is 12.7. The fourth-order valence-corrected chi connectivity index (χ4v) is 4.94. The number of aromatic amines is 1. The molecule has 29 heavy (non-hydrogen) atoms. The molecule has 1 atom stereocenters. The number of likely N-dealkylation sites (N-methyl/N-ethyl adjacent to an activating group) is 1. The molecule has 3 heterocycles. The SMILES string of the molecule is CCCCC1OC2(CCN(CCc3c[nH]c4ccccc34)CC2)CN(CC)C1=O. The smallest absolute Gasteiger partial charge is 0.251 e. The number of aromatic nitrogens is 1. The van der Waals surface area contributed by atoms with E-state index in [1.54, 1.807) is 0 Å². The fourth-order valence-electron chi connectivity index (χ4n) is 4.94. The first-order chi connectivity index (χ1) is 14.1. The molecule has 2 aliphatic heterocycles. The Kier molecular flexibility index (Phi) is 6.26. The number of unbranched alkanes of at least 4 members (excludes halogenated alkanes) is 1. The van der Waals surface area contributed by atoms with Crippen LogP contribution in [0.4, 0.5) is 0 Å². The minimum absolute atomic E-state index is 0.139. The minimum atomic E-state index is -0.235. The summed E-state index contributed by atoms with van der Waals surface area (Å²) in [5.41, 5.74) is 2.48. The van der Waals surface area contributed by atoms with E-state index in [4.69, 9.17) is 4.74 Å². The molecule has 5 nitrogen and oxygen atoms in total. The van der Waals surface area contributed by atoms with Crippen molar-refractivity contribution in [2.45, 2.75) is 64.1 Å². The van der Waals surface area contributed by atoms with Crippen LogP contribution in [0, 0.1) is 0 Å². The van der Waals surface area contributed by atoms with Crippen molar-refractivity contribution in [3.05, 3.63) is 36.0 Å². The van der Waals surface area contributed by atoms with Gasteiger partial charge in [-0.2, -0.15) is 0 Å². The van der Waals surface area contributed by atoms with Gasteiger partial charge < -0.3 is 19.5 Å². The predicted molar refractivity (Wildman–Crippen MR) is 117 cm³/mol. The molecule has 1 N–H and O–H groups in total. The van der Waals surface area contributed by atoms with Gasteiger partial charge in [-0.15, -0.1) is 0 Å². The molecule has 1 aromatic heterocycles. The Labute approximate surface area is 174 Å². The first kappa shape index (κ1) is 20.4. The number of piperidine rings is 1. The second kappa shape index (κ2) is 8.88. The number of ether oxygens (including phenoxy) is 1. The molecule has 2 saturated heterocycles. The number of hydrogen-bond donors (Lipinski definition) is 1. The molecule has 0 radical (unpaired) electrons. The number of hydrogen-bond acceptors (Lipinski definition) is 3. The summed E-state index contributed by atoms with van der Waals surface area (Å²) in [6.45, 7) is 8.99. The van der Waals surface area contributed by atoms with E-state index in [1.165, 1.54) is 16.5 Å². The molecule has 0 saturated carbocycles. The number of rotatable bonds is 7. The average Bonchev–Trinajstić information content (AvgIpc) is 3.17. The van der Waals surface area contributed by atoms with Crippen LogP contribution < -0.4 is 0 Å². The van der Waals surface area contributed by atoms with Gasteiger partial charge in [0.2, 0.25) is 0 Å². The standard InChI is InChI=1S/C24H35N3O2/c1-3-5-10-22-23(28)27(4-2)18-24(29-22)12-15-26(16-13-24)14-11-19-17-25-21-9-7-6-8-20(19)21/h6-9,17,22,25H,3-5,10-16,18H2,1-2H3. The highest BCUT2D eigenvalue weighted by Crippen LogP contribution is 2.34. The summed E-state index contributed by atoms with van der Waals surface area (Å²) in [4.78, 5) is 20.7. The number of amides is 1. The highest BCUT2D eigenvalue weighted by molar-refractivity contribution is 5.83. The van der Waals surface area contributed by atoms with Gasteiger partial charge in [-0.1, -0.05) is 38.0 Å². The number of H-pyrrole nitrogens is 1. The number of likely N-dealkylation sites (tertiary alicyclic amines) is 1. The quantitative estimate of drug-likeness (QED) is 0.769. The van der Waals surface area contributed by atoms with E-state index in [-0.39, 0.29) is 17.6 Å². The average molecular weight is 398 g/mol. The van der Waals surface area contributed by atoms with E-state index in [0.717, 1.165) is 71.2 Å². The molecule has 2 fully saturated rings. The Morgan fingerprint density at radius 1 is 1.21 bits per heavy atom. The van der Waals surface area contributed by atoms with Gasteiger partial charge in [0.15, 0.2) is 0 Å². The second-order valence-electron chi connectivity index (χ2n) is 8.74. The number of nitrogens with one attached hydrogen (secondary N) is 1. The van der Waals surface area contributed by atoms with Crippen molar-refractivity contribution in [3.8, 4) is 0 Å². The Balaban J connectivity index is 1.34. The van der Waals surface area contributed by atoms with Crippen LogP contribution in [-0.4, -0.2) is 65.1 Å². The molecule has 5 heteroatoms. The van der Waals surface area contributed by atoms with E-state index < -0.39 is 0 Å². The molecule has 1 unspecified atom stereocenters. The van der Waals surface area contributed by atoms with Gasteiger partial charge in [-0.25, -0.2) is 0 Å². The van der Waals surface area contributed by atoms with Crippen molar-refractivity contribution in [1.29, 1.82) is 0 Å². The van der Waals surface area contributed by atoms with Crippen LogP contribution in [0.5, 0.6) is 0 Å².